The summed E-state index contributed by atoms with van der Waals surface area (Å²) in [6.07, 6.45) is 4.16. The number of hydrogen-bond donors (Lipinski definition) is 2. The van der Waals surface area contributed by atoms with E-state index in [1.165, 1.54) is 10.9 Å². The molecule has 4 rings (SSSR count). The number of nitriles is 1. The van der Waals surface area contributed by atoms with Crippen molar-refractivity contribution in [2.45, 2.75) is 6.42 Å². The predicted molar refractivity (Wildman–Crippen MR) is 112 cm³/mol. The lowest BCUT2D eigenvalue weighted by atomic mass is 10.1. The molecule has 2 N–H and O–H groups in total. The van der Waals surface area contributed by atoms with Gasteiger partial charge in [0.05, 0.1) is 22.8 Å². The van der Waals surface area contributed by atoms with E-state index in [1.807, 2.05) is 0 Å². The lowest BCUT2D eigenvalue weighted by molar-refractivity contribution is 0.0947. The van der Waals surface area contributed by atoms with Crippen LogP contribution >= 0.6 is 0 Å². The van der Waals surface area contributed by atoms with Crippen LogP contribution in [0.1, 0.15) is 22.3 Å². The number of carbonyl (C=O) groups is 1. The summed E-state index contributed by atoms with van der Waals surface area (Å²) >= 11 is 0. The van der Waals surface area contributed by atoms with E-state index in [1.54, 1.807) is 42.6 Å². The lowest BCUT2D eigenvalue weighted by Crippen LogP contribution is -2.30. The molecule has 0 bridgehead atoms. The normalized spacial score (nSPS) is 16.3. The number of nitrogens with one attached hydrogen (secondary N) is 2. The largest absolute Gasteiger partial charge is 0.352 e. The van der Waals surface area contributed by atoms with E-state index in [0.717, 1.165) is 19.5 Å². The summed E-state index contributed by atoms with van der Waals surface area (Å²) in [6, 6.07) is 12.2. The molecule has 1 amide bonds. The molecule has 1 aliphatic heterocycles. The fourth-order valence-electron chi connectivity index (χ4n) is 3.66. The highest BCUT2D eigenvalue weighted by molar-refractivity contribution is 5.93. The van der Waals surface area contributed by atoms with Crippen LogP contribution in [-0.4, -0.2) is 52.3 Å². The Labute approximate surface area is 173 Å². The fraction of sp³-hybridized carbons (Fsp3) is 0.273. The predicted octanol–water partition coefficient (Wildman–Crippen LogP) is 1.78. The standard InChI is InChI=1S/C22H22N6O2/c1-27-9-8-16(14-27)11-25-21(29)18-6-7-20(24-12-18)28-22(30)19(13-26-28)17-4-2-15(10-23)3-5-17/h2-7,12-13,16,26H,8-9,11,14H2,1H3,(H,25,29). The van der Waals surface area contributed by atoms with Crippen LogP contribution in [0.4, 0.5) is 0 Å². The number of rotatable bonds is 5. The van der Waals surface area contributed by atoms with Gasteiger partial charge >= 0.3 is 0 Å². The molecule has 8 nitrogen and oxygen atoms in total. The van der Waals surface area contributed by atoms with Gasteiger partial charge in [0.1, 0.15) is 0 Å². The Kier molecular flexibility index (Phi) is 5.46. The molecule has 3 aromatic rings. The van der Waals surface area contributed by atoms with Gasteiger partial charge in [-0.15, -0.1) is 0 Å². The van der Waals surface area contributed by atoms with Crippen LogP contribution in [0.5, 0.6) is 0 Å². The van der Waals surface area contributed by atoms with Gasteiger partial charge in [0, 0.05) is 25.5 Å². The summed E-state index contributed by atoms with van der Waals surface area (Å²) in [5.74, 6) is 0.707. The monoisotopic (exact) mass is 402 g/mol. The molecule has 0 aliphatic carbocycles. The topological polar surface area (TPSA) is 107 Å². The molecular weight excluding hydrogens is 380 g/mol. The summed E-state index contributed by atoms with van der Waals surface area (Å²) in [4.78, 5) is 31.7. The smallest absolute Gasteiger partial charge is 0.280 e. The molecule has 1 aliphatic rings. The van der Waals surface area contributed by atoms with Gasteiger partial charge in [-0.3, -0.25) is 14.7 Å². The molecular formula is C22H22N6O2. The second kappa shape index (κ2) is 8.35. The number of nitrogens with zero attached hydrogens (tertiary/aromatic N) is 4. The third-order valence-electron chi connectivity index (χ3n) is 5.38. The summed E-state index contributed by atoms with van der Waals surface area (Å²) < 4.78 is 1.32. The summed E-state index contributed by atoms with van der Waals surface area (Å²) in [5.41, 5.74) is 1.92. The maximum Gasteiger partial charge on any atom is 0.280 e. The zero-order valence-electron chi connectivity index (χ0n) is 16.6. The number of aromatic nitrogens is 3. The van der Waals surface area contributed by atoms with E-state index < -0.39 is 0 Å². The SMILES string of the molecule is CN1CCC(CNC(=O)c2ccc(-n3[nH]cc(-c4ccc(C#N)cc4)c3=O)nc2)C1. The maximum absolute atomic E-state index is 12.8. The number of H-pyrrole nitrogens is 1. The van der Waals surface area contributed by atoms with E-state index in [2.05, 4.69) is 33.4 Å². The van der Waals surface area contributed by atoms with Crippen molar-refractivity contribution < 1.29 is 4.79 Å². The number of benzene rings is 1. The highest BCUT2D eigenvalue weighted by atomic mass is 16.1. The second-order valence-corrected chi connectivity index (χ2v) is 7.55. The van der Waals surface area contributed by atoms with Gasteiger partial charge in [-0.25, -0.2) is 9.67 Å². The highest BCUT2D eigenvalue weighted by Gasteiger charge is 2.20. The maximum atomic E-state index is 12.8. The number of hydrogen-bond acceptors (Lipinski definition) is 5. The van der Waals surface area contributed by atoms with Crippen molar-refractivity contribution in [1.29, 1.82) is 5.26 Å². The van der Waals surface area contributed by atoms with E-state index in [0.29, 0.717) is 40.5 Å². The van der Waals surface area contributed by atoms with Crippen molar-refractivity contribution in [3.05, 3.63) is 70.3 Å². The third kappa shape index (κ3) is 4.02. The van der Waals surface area contributed by atoms with Gasteiger partial charge in [-0.05, 0) is 55.8 Å². The average molecular weight is 402 g/mol. The number of likely N-dealkylation sites (tertiary alicyclic amines) is 1. The number of pyridine rings is 1. The van der Waals surface area contributed by atoms with Gasteiger partial charge in [-0.1, -0.05) is 12.1 Å². The first-order valence-electron chi connectivity index (χ1n) is 9.79. The minimum atomic E-state index is -0.255. The van der Waals surface area contributed by atoms with E-state index in [4.69, 9.17) is 5.26 Å². The summed E-state index contributed by atoms with van der Waals surface area (Å²) in [7, 11) is 2.08. The minimum Gasteiger partial charge on any atom is -0.352 e. The van der Waals surface area contributed by atoms with Crippen molar-refractivity contribution in [1.82, 2.24) is 25.0 Å². The fourth-order valence-corrected chi connectivity index (χ4v) is 3.66. The van der Waals surface area contributed by atoms with Crippen LogP contribution in [0.25, 0.3) is 16.9 Å². The van der Waals surface area contributed by atoms with Gasteiger partial charge in [-0.2, -0.15) is 5.26 Å². The molecule has 1 saturated heterocycles. The molecule has 0 saturated carbocycles. The van der Waals surface area contributed by atoms with Crippen LogP contribution in [0.3, 0.4) is 0 Å². The Hall–Kier alpha value is -3.70. The van der Waals surface area contributed by atoms with Crippen LogP contribution < -0.4 is 10.9 Å². The Morgan fingerprint density at radius 3 is 2.73 bits per heavy atom. The molecule has 1 atom stereocenters. The van der Waals surface area contributed by atoms with Gasteiger partial charge < -0.3 is 10.2 Å². The van der Waals surface area contributed by atoms with Gasteiger partial charge in [0.25, 0.3) is 11.5 Å². The van der Waals surface area contributed by atoms with Crippen molar-refractivity contribution >= 4 is 5.91 Å². The summed E-state index contributed by atoms with van der Waals surface area (Å²) in [5, 5.41) is 14.8. The number of aromatic amines is 1. The molecule has 152 valence electrons. The zero-order chi connectivity index (χ0) is 21.1. The van der Waals surface area contributed by atoms with Gasteiger partial charge in [0.15, 0.2) is 5.82 Å². The molecule has 1 aromatic carbocycles. The molecule has 30 heavy (non-hydrogen) atoms. The Morgan fingerprint density at radius 1 is 1.30 bits per heavy atom. The van der Waals surface area contributed by atoms with E-state index >= 15 is 0 Å². The first kappa shape index (κ1) is 19.6. The minimum absolute atomic E-state index is 0.166. The third-order valence-corrected chi connectivity index (χ3v) is 5.38. The van der Waals surface area contributed by atoms with Crippen LogP contribution in [0.15, 0.2) is 53.6 Å². The van der Waals surface area contributed by atoms with Crippen LogP contribution in [0.2, 0.25) is 0 Å². The molecule has 0 spiro atoms. The molecule has 3 heterocycles. The second-order valence-electron chi connectivity index (χ2n) is 7.55. The van der Waals surface area contributed by atoms with Gasteiger partial charge in [0.2, 0.25) is 0 Å². The quantitative estimate of drug-likeness (QED) is 0.677. The Bertz CT molecular complexity index is 1140. The molecule has 1 fully saturated rings. The lowest BCUT2D eigenvalue weighted by Gasteiger charge is -2.11. The Balaban J connectivity index is 1.46. The van der Waals surface area contributed by atoms with Crippen LogP contribution in [0, 0.1) is 17.2 Å². The van der Waals surface area contributed by atoms with Crippen LogP contribution in [-0.2, 0) is 0 Å². The molecule has 2 aromatic heterocycles. The first-order valence-corrected chi connectivity index (χ1v) is 9.79. The molecule has 0 radical (unpaired) electrons. The van der Waals surface area contributed by atoms with E-state index in [9.17, 15) is 9.59 Å². The van der Waals surface area contributed by atoms with E-state index in [-0.39, 0.29) is 11.5 Å². The van der Waals surface area contributed by atoms with Crippen molar-refractivity contribution in [2.75, 3.05) is 26.7 Å². The zero-order valence-corrected chi connectivity index (χ0v) is 16.6. The van der Waals surface area contributed by atoms with Crippen molar-refractivity contribution in [2.24, 2.45) is 5.92 Å². The highest BCUT2D eigenvalue weighted by Crippen LogP contribution is 2.16. The number of amides is 1. The number of carbonyl (C=O) groups excluding carboxylic acids is 1. The molecule has 1 unspecified atom stereocenters. The van der Waals surface area contributed by atoms with Crippen molar-refractivity contribution in [3.63, 3.8) is 0 Å². The van der Waals surface area contributed by atoms with Crippen molar-refractivity contribution in [3.8, 4) is 23.0 Å². The molecule has 8 heteroatoms. The average Bonchev–Trinajstić information content (AvgIpc) is 3.37. The Morgan fingerprint density at radius 2 is 2.10 bits per heavy atom. The summed E-state index contributed by atoms with van der Waals surface area (Å²) in [6.45, 7) is 2.70. The first-order chi connectivity index (χ1) is 14.5.